The maximum atomic E-state index is 13.2. The summed E-state index contributed by atoms with van der Waals surface area (Å²) in [5, 5.41) is 11.6. The third-order valence-electron chi connectivity index (χ3n) is 5.66. The molecule has 0 atom stereocenters. The Bertz CT molecular complexity index is 1500. The number of carboxylic acid groups (broad SMARTS) is 1. The molecule has 1 aliphatic heterocycles. The average Bonchev–Trinajstić information content (AvgIpc) is 2.87. The smallest absolute Gasteiger partial charge is 0.335 e. The van der Waals surface area contributed by atoms with Gasteiger partial charge in [-0.3, -0.25) is 14.9 Å². The number of benzene rings is 3. The SMILES string of the molecule is COc1cc(/C=C2/C(=O)NC(=O)N(c3ccc(C)c(Cl)c3)C2=O)cc(Br)c1OCc1ccc(C(=O)O)cc1. The minimum Gasteiger partial charge on any atom is -0.493 e. The summed E-state index contributed by atoms with van der Waals surface area (Å²) >= 11 is 9.60. The lowest BCUT2D eigenvalue weighted by Crippen LogP contribution is -2.54. The van der Waals surface area contributed by atoms with Crippen LogP contribution in [0.4, 0.5) is 10.5 Å². The van der Waals surface area contributed by atoms with Crippen LogP contribution in [0.5, 0.6) is 11.5 Å². The zero-order valence-electron chi connectivity index (χ0n) is 20.1. The molecular weight excluding hydrogens is 580 g/mol. The van der Waals surface area contributed by atoms with Gasteiger partial charge in [-0.2, -0.15) is 0 Å². The maximum absolute atomic E-state index is 13.2. The normalized spacial score (nSPS) is 14.5. The van der Waals surface area contributed by atoms with Crippen LogP contribution < -0.4 is 19.7 Å². The quantitative estimate of drug-likeness (QED) is 0.277. The second-order valence-electron chi connectivity index (χ2n) is 8.22. The van der Waals surface area contributed by atoms with Gasteiger partial charge in [0.2, 0.25) is 0 Å². The van der Waals surface area contributed by atoms with E-state index in [1.165, 1.54) is 31.4 Å². The van der Waals surface area contributed by atoms with Crippen molar-refractivity contribution in [2.24, 2.45) is 0 Å². The van der Waals surface area contributed by atoms with Crippen molar-refractivity contribution < 1.29 is 33.8 Å². The number of anilines is 1. The Labute approximate surface area is 230 Å². The summed E-state index contributed by atoms with van der Waals surface area (Å²) in [5.74, 6) is -1.99. The van der Waals surface area contributed by atoms with Crippen molar-refractivity contribution in [1.82, 2.24) is 5.32 Å². The Balaban J connectivity index is 1.61. The first-order chi connectivity index (χ1) is 18.1. The first-order valence-corrected chi connectivity index (χ1v) is 12.3. The highest BCUT2D eigenvalue weighted by molar-refractivity contribution is 9.10. The molecule has 1 saturated heterocycles. The van der Waals surface area contributed by atoms with Crippen molar-refractivity contribution in [2.45, 2.75) is 13.5 Å². The van der Waals surface area contributed by atoms with Crippen LogP contribution in [-0.4, -0.2) is 36.0 Å². The average molecular weight is 600 g/mol. The Morgan fingerprint density at radius 2 is 1.82 bits per heavy atom. The van der Waals surface area contributed by atoms with Crippen LogP contribution in [0.1, 0.15) is 27.0 Å². The monoisotopic (exact) mass is 598 g/mol. The van der Waals surface area contributed by atoms with Gasteiger partial charge in [-0.05, 0) is 82.0 Å². The Kier molecular flexibility index (Phi) is 7.84. The van der Waals surface area contributed by atoms with Gasteiger partial charge < -0.3 is 14.6 Å². The molecule has 0 aromatic heterocycles. The summed E-state index contributed by atoms with van der Waals surface area (Å²) in [7, 11) is 1.44. The number of nitrogens with zero attached hydrogens (tertiary/aromatic N) is 1. The molecular formula is C27H20BrClN2O7. The third kappa shape index (κ3) is 5.56. The molecule has 1 fully saturated rings. The minimum absolute atomic E-state index is 0.131. The van der Waals surface area contributed by atoms with E-state index in [-0.39, 0.29) is 23.4 Å². The van der Waals surface area contributed by atoms with Crippen molar-refractivity contribution in [3.05, 3.63) is 91.9 Å². The first kappa shape index (κ1) is 26.9. The van der Waals surface area contributed by atoms with E-state index in [1.54, 1.807) is 43.3 Å². The summed E-state index contributed by atoms with van der Waals surface area (Å²) in [6.07, 6.45) is 1.34. The Morgan fingerprint density at radius 1 is 1.11 bits per heavy atom. The minimum atomic E-state index is -1.02. The molecule has 3 aromatic carbocycles. The number of hydrogen-bond acceptors (Lipinski definition) is 6. The van der Waals surface area contributed by atoms with Gasteiger partial charge >= 0.3 is 12.0 Å². The number of imide groups is 2. The third-order valence-corrected chi connectivity index (χ3v) is 6.66. The van der Waals surface area contributed by atoms with E-state index in [9.17, 15) is 19.2 Å². The molecule has 194 valence electrons. The van der Waals surface area contributed by atoms with Crippen LogP contribution >= 0.6 is 27.5 Å². The van der Waals surface area contributed by atoms with Crippen molar-refractivity contribution >= 4 is 63.1 Å². The van der Waals surface area contributed by atoms with Gasteiger partial charge in [0.15, 0.2) is 11.5 Å². The van der Waals surface area contributed by atoms with E-state index in [4.69, 9.17) is 26.2 Å². The van der Waals surface area contributed by atoms with Crippen LogP contribution in [0.3, 0.4) is 0 Å². The van der Waals surface area contributed by atoms with Gasteiger partial charge in [-0.25, -0.2) is 14.5 Å². The van der Waals surface area contributed by atoms with Gasteiger partial charge in [0.1, 0.15) is 12.2 Å². The number of urea groups is 1. The predicted octanol–water partition coefficient (Wildman–Crippen LogP) is 5.36. The van der Waals surface area contributed by atoms with E-state index in [0.29, 0.717) is 26.6 Å². The van der Waals surface area contributed by atoms with Crippen LogP contribution in [0, 0.1) is 6.92 Å². The molecule has 0 aliphatic carbocycles. The molecule has 0 bridgehead atoms. The highest BCUT2D eigenvalue weighted by atomic mass is 79.9. The number of nitrogens with one attached hydrogen (secondary N) is 1. The molecule has 38 heavy (non-hydrogen) atoms. The molecule has 0 radical (unpaired) electrons. The molecule has 1 heterocycles. The van der Waals surface area contributed by atoms with Gasteiger partial charge in [-0.15, -0.1) is 0 Å². The number of aromatic carboxylic acids is 1. The fourth-order valence-corrected chi connectivity index (χ4v) is 4.39. The number of barbiturate groups is 1. The van der Waals surface area contributed by atoms with Crippen LogP contribution in [0.25, 0.3) is 6.08 Å². The molecule has 4 rings (SSSR count). The molecule has 11 heteroatoms. The zero-order valence-corrected chi connectivity index (χ0v) is 22.4. The van der Waals surface area contributed by atoms with Gasteiger partial charge in [0, 0.05) is 5.02 Å². The van der Waals surface area contributed by atoms with Crippen LogP contribution in [-0.2, 0) is 16.2 Å². The van der Waals surface area contributed by atoms with Crippen LogP contribution in [0.15, 0.2) is 64.6 Å². The summed E-state index contributed by atoms with van der Waals surface area (Å²) < 4.78 is 11.8. The Morgan fingerprint density at radius 3 is 2.45 bits per heavy atom. The molecule has 3 aromatic rings. The summed E-state index contributed by atoms with van der Waals surface area (Å²) in [6.45, 7) is 1.92. The fraction of sp³-hybridized carbons (Fsp3) is 0.111. The number of rotatable bonds is 7. The maximum Gasteiger partial charge on any atom is 0.335 e. The summed E-state index contributed by atoms with van der Waals surface area (Å²) in [5.41, 5.74) is 2.06. The number of carboxylic acids is 1. The van der Waals surface area contributed by atoms with Crippen molar-refractivity contribution in [3.8, 4) is 11.5 Å². The highest BCUT2D eigenvalue weighted by Crippen LogP contribution is 2.38. The number of aryl methyl sites for hydroxylation is 1. The molecule has 4 amide bonds. The van der Waals surface area contributed by atoms with Crippen molar-refractivity contribution in [1.29, 1.82) is 0 Å². The number of halogens is 2. The molecule has 0 spiro atoms. The lowest BCUT2D eigenvalue weighted by Gasteiger charge is -2.26. The summed E-state index contributed by atoms with van der Waals surface area (Å²) in [4.78, 5) is 50.1. The number of carbonyl (C=O) groups excluding carboxylic acids is 3. The van der Waals surface area contributed by atoms with E-state index >= 15 is 0 Å². The second kappa shape index (κ2) is 11.1. The molecule has 9 nitrogen and oxygen atoms in total. The van der Waals surface area contributed by atoms with Crippen molar-refractivity contribution in [3.63, 3.8) is 0 Å². The molecule has 1 aliphatic rings. The Hall–Kier alpha value is -4.15. The van der Waals surface area contributed by atoms with Gasteiger partial charge in [0.05, 0.1) is 22.8 Å². The molecule has 2 N–H and O–H groups in total. The second-order valence-corrected chi connectivity index (χ2v) is 9.48. The van der Waals surface area contributed by atoms with Crippen molar-refractivity contribution in [2.75, 3.05) is 12.0 Å². The van der Waals surface area contributed by atoms with Crippen LogP contribution in [0.2, 0.25) is 5.02 Å². The van der Waals surface area contributed by atoms with Gasteiger partial charge in [-0.1, -0.05) is 29.8 Å². The predicted molar refractivity (Wildman–Crippen MR) is 144 cm³/mol. The van der Waals surface area contributed by atoms with E-state index in [2.05, 4.69) is 21.2 Å². The van der Waals surface area contributed by atoms with E-state index < -0.39 is 23.8 Å². The topological polar surface area (TPSA) is 122 Å². The number of methoxy groups -OCH3 is 1. The lowest BCUT2D eigenvalue weighted by atomic mass is 10.1. The lowest BCUT2D eigenvalue weighted by molar-refractivity contribution is -0.122. The number of ether oxygens (including phenoxy) is 2. The van der Waals surface area contributed by atoms with Gasteiger partial charge in [0.25, 0.3) is 11.8 Å². The summed E-state index contributed by atoms with van der Waals surface area (Å²) in [6, 6.07) is 13.3. The first-order valence-electron chi connectivity index (χ1n) is 11.1. The zero-order chi connectivity index (χ0) is 27.6. The van der Waals surface area contributed by atoms with E-state index in [1.807, 2.05) is 0 Å². The molecule has 0 saturated carbocycles. The standard InChI is InChI=1S/C27H20BrClN2O7/c1-14-3-8-18(12-21(14)29)31-25(33)19(24(32)30-27(31)36)9-16-10-20(28)23(22(11-16)37-2)38-13-15-4-6-17(7-5-15)26(34)35/h3-12H,13H2,1-2H3,(H,34,35)(H,30,32,36)/b19-9-. The number of carbonyl (C=O) groups is 4. The number of amides is 4. The molecule has 0 unspecified atom stereocenters. The highest BCUT2D eigenvalue weighted by Gasteiger charge is 2.37. The number of hydrogen-bond donors (Lipinski definition) is 2. The fourth-order valence-electron chi connectivity index (χ4n) is 3.64. The van der Waals surface area contributed by atoms with E-state index in [0.717, 1.165) is 16.0 Å². The largest absolute Gasteiger partial charge is 0.493 e.